The minimum Gasteiger partial charge on any atom is -0.375 e. The fraction of sp³-hybridized carbons (Fsp3) is 0.304. The Balaban J connectivity index is 1.55. The van der Waals surface area contributed by atoms with Crippen LogP contribution in [0, 0.1) is 0 Å². The maximum absolute atomic E-state index is 12.0. The number of hydrogen-bond acceptors (Lipinski definition) is 4. The molecule has 0 bridgehead atoms. The van der Waals surface area contributed by atoms with E-state index in [4.69, 9.17) is 21.4 Å². The van der Waals surface area contributed by atoms with Gasteiger partial charge in [0.05, 0.1) is 11.4 Å². The van der Waals surface area contributed by atoms with Crippen molar-refractivity contribution in [3.8, 4) is 16.9 Å². The number of halogens is 1. The van der Waals surface area contributed by atoms with Crippen LogP contribution in [0.15, 0.2) is 60.8 Å². The molecule has 1 aliphatic rings. The van der Waals surface area contributed by atoms with Crippen molar-refractivity contribution < 1.29 is 9.53 Å². The zero-order valence-corrected chi connectivity index (χ0v) is 17.8. The maximum Gasteiger partial charge on any atom is 0.248 e. The highest BCUT2D eigenvalue weighted by Gasteiger charge is 2.22. The molecule has 1 aromatic heterocycles. The summed E-state index contributed by atoms with van der Waals surface area (Å²) >= 11 is 6.08. The number of hydrogen-bond donors (Lipinski definition) is 0. The van der Waals surface area contributed by atoms with Gasteiger partial charge in [-0.15, -0.1) is 0 Å². The second-order valence-corrected chi connectivity index (χ2v) is 7.82. The van der Waals surface area contributed by atoms with E-state index in [1.807, 2.05) is 64.2 Å². The van der Waals surface area contributed by atoms with Crippen LogP contribution < -0.4 is 0 Å². The Kier molecular flexibility index (Phi) is 6.47. The Morgan fingerprint density at radius 2 is 1.73 bits per heavy atom. The first-order valence-electron chi connectivity index (χ1n) is 10.0. The average molecular weight is 425 g/mol. The van der Waals surface area contributed by atoms with Crippen molar-refractivity contribution in [2.75, 3.05) is 39.9 Å². The van der Waals surface area contributed by atoms with E-state index in [9.17, 15) is 4.79 Å². The van der Waals surface area contributed by atoms with Gasteiger partial charge in [-0.1, -0.05) is 41.9 Å². The van der Waals surface area contributed by atoms with E-state index in [0.29, 0.717) is 18.1 Å². The van der Waals surface area contributed by atoms with Crippen molar-refractivity contribution in [1.82, 2.24) is 19.6 Å². The first-order valence-corrected chi connectivity index (χ1v) is 10.4. The van der Waals surface area contributed by atoms with Crippen molar-refractivity contribution in [2.24, 2.45) is 0 Å². The quantitative estimate of drug-likeness (QED) is 0.608. The third-order valence-corrected chi connectivity index (χ3v) is 5.57. The van der Waals surface area contributed by atoms with E-state index in [0.717, 1.165) is 42.1 Å². The summed E-state index contributed by atoms with van der Waals surface area (Å²) in [6.45, 7) is 4.00. The minimum atomic E-state index is 0.0518. The summed E-state index contributed by atoms with van der Waals surface area (Å²) in [5.74, 6) is 0.0518. The van der Waals surface area contributed by atoms with Crippen LogP contribution in [0.25, 0.3) is 16.9 Å². The molecule has 1 saturated heterocycles. The number of para-hydroxylation sites is 1. The van der Waals surface area contributed by atoms with Crippen LogP contribution in [0.5, 0.6) is 0 Å². The van der Waals surface area contributed by atoms with Gasteiger partial charge in [-0.25, -0.2) is 4.68 Å². The summed E-state index contributed by atoms with van der Waals surface area (Å²) < 4.78 is 6.90. The number of nitrogens with zero attached hydrogens (tertiary/aromatic N) is 4. The molecule has 156 valence electrons. The second kappa shape index (κ2) is 9.43. The number of benzene rings is 2. The lowest BCUT2D eigenvalue weighted by Crippen LogP contribution is -2.49. The third kappa shape index (κ3) is 4.73. The normalized spacial score (nSPS) is 14.8. The fourth-order valence-corrected chi connectivity index (χ4v) is 3.83. The van der Waals surface area contributed by atoms with E-state index in [-0.39, 0.29) is 12.5 Å². The molecule has 7 heteroatoms. The van der Waals surface area contributed by atoms with Gasteiger partial charge < -0.3 is 9.64 Å². The summed E-state index contributed by atoms with van der Waals surface area (Å²) in [5.41, 5.74) is 4.16. The van der Waals surface area contributed by atoms with Gasteiger partial charge in [0.15, 0.2) is 0 Å². The summed E-state index contributed by atoms with van der Waals surface area (Å²) in [4.78, 5) is 16.3. The lowest BCUT2D eigenvalue weighted by molar-refractivity contribution is -0.136. The SMILES string of the molecule is COCC(=O)N1CCN(Cc2cn(-c3ccccc3)nc2-c2ccc(Cl)cc2)CC1. The highest BCUT2D eigenvalue weighted by atomic mass is 35.5. The van der Waals surface area contributed by atoms with E-state index >= 15 is 0 Å². The number of methoxy groups -OCH3 is 1. The van der Waals surface area contributed by atoms with E-state index < -0.39 is 0 Å². The Labute approximate surface area is 181 Å². The number of carbonyl (C=O) groups is 1. The van der Waals surface area contributed by atoms with Gasteiger partial charge in [0, 0.05) is 62.2 Å². The van der Waals surface area contributed by atoms with Gasteiger partial charge in [-0.2, -0.15) is 5.10 Å². The largest absolute Gasteiger partial charge is 0.375 e. The molecule has 0 saturated carbocycles. The molecule has 1 amide bonds. The number of piperazine rings is 1. The monoisotopic (exact) mass is 424 g/mol. The molecule has 2 heterocycles. The van der Waals surface area contributed by atoms with Crippen LogP contribution in [0.4, 0.5) is 0 Å². The number of rotatable bonds is 6. The summed E-state index contributed by atoms with van der Waals surface area (Å²) in [6.07, 6.45) is 2.10. The van der Waals surface area contributed by atoms with Crippen LogP contribution in [-0.2, 0) is 16.1 Å². The molecule has 1 aliphatic heterocycles. The molecular formula is C23H25ClN4O2. The van der Waals surface area contributed by atoms with Gasteiger partial charge in [-0.3, -0.25) is 9.69 Å². The average Bonchev–Trinajstić information content (AvgIpc) is 3.19. The van der Waals surface area contributed by atoms with E-state index in [2.05, 4.69) is 11.1 Å². The highest BCUT2D eigenvalue weighted by molar-refractivity contribution is 6.30. The van der Waals surface area contributed by atoms with E-state index in [1.54, 1.807) is 7.11 Å². The predicted molar refractivity (Wildman–Crippen MR) is 118 cm³/mol. The zero-order valence-electron chi connectivity index (χ0n) is 17.0. The Hall–Kier alpha value is -2.67. The number of amides is 1. The van der Waals surface area contributed by atoms with Crippen molar-refractivity contribution in [1.29, 1.82) is 0 Å². The van der Waals surface area contributed by atoms with Crippen LogP contribution in [0.3, 0.4) is 0 Å². The lowest BCUT2D eigenvalue weighted by atomic mass is 10.1. The fourth-order valence-electron chi connectivity index (χ4n) is 3.70. The number of aromatic nitrogens is 2. The Morgan fingerprint density at radius 3 is 2.40 bits per heavy atom. The topological polar surface area (TPSA) is 50.6 Å². The number of carbonyl (C=O) groups excluding carboxylic acids is 1. The first-order chi connectivity index (χ1) is 14.6. The third-order valence-electron chi connectivity index (χ3n) is 5.32. The molecule has 0 radical (unpaired) electrons. The Bertz CT molecular complexity index is 980. The smallest absolute Gasteiger partial charge is 0.248 e. The minimum absolute atomic E-state index is 0.0518. The second-order valence-electron chi connectivity index (χ2n) is 7.38. The highest BCUT2D eigenvalue weighted by Crippen LogP contribution is 2.26. The molecular weight excluding hydrogens is 400 g/mol. The molecule has 0 spiro atoms. The van der Waals surface area contributed by atoms with Gasteiger partial charge in [0.1, 0.15) is 6.61 Å². The summed E-state index contributed by atoms with van der Waals surface area (Å²) in [6, 6.07) is 17.9. The van der Waals surface area contributed by atoms with Gasteiger partial charge in [0.2, 0.25) is 5.91 Å². The van der Waals surface area contributed by atoms with Crippen molar-refractivity contribution >= 4 is 17.5 Å². The number of ether oxygens (including phenoxy) is 1. The first kappa shape index (κ1) is 20.6. The van der Waals surface area contributed by atoms with Gasteiger partial charge in [-0.05, 0) is 24.3 Å². The molecule has 0 aliphatic carbocycles. The molecule has 4 rings (SSSR count). The zero-order chi connectivity index (χ0) is 20.9. The van der Waals surface area contributed by atoms with Crippen molar-refractivity contribution in [3.05, 3.63) is 71.4 Å². The summed E-state index contributed by atoms with van der Waals surface area (Å²) in [5, 5.41) is 5.59. The van der Waals surface area contributed by atoms with Crippen molar-refractivity contribution in [2.45, 2.75) is 6.54 Å². The van der Waals surface area contributed by atoms with Crippen LogP contribution >= 0.6 is 11.6 Å². The molecule has 30 heavy (non-hydrogen) atoms. The lowest BCUT2D eigenvalue weighted by Gasteiger charge is -2.34. The van der Waals surface area contributed by atoms with Crippen LogP contribution in [0.1, 0.15) is 5.56 Å². The molecule has 2 aromatic carbocycles. The van der Waals surface area contributed by atoms with Crippen LogP contribution in [0.2, 0.25) is 5.02 Å². The Morgan fingerprint density at radius 1 is 1.03 bits per heavy atom. The van der Waals surface area contributed by atoms with Crippen LogP contribution in [-0.4, -0.2) is 65.4 Å². The van der Waals surface area contributed by atoms with Gasteiger partial charge in [0.25, 0.3) is 0 Å². The maximum atomic E-state index is 12.0. The standard InChI is InChI=1S/C23H25ClN4O2/c1-30-17-22(29)27-13-11-26(12-14-27)15-19-16-28(21-5-3-2-4-6-21)25-23(19)18-7-9-20(24)10-8-18/h2-10,16H,11-15,17H2,1H3. The molecule has 0 N–H and O–H groups in total. The predicted octanol–water partition coefficient (Wildman–Crippen LogP) is 3.48. The molecule has 0 unspecified atom stereocenters. The van der Waals surface area contributed by atoms with Gasteiger partial charge >= 0.3 is 0 Å². The van der Waals surface area contributed by atoms with E-state index in [1.165, 1.54) is 0 Å². The molecule has 1 fully saturated rings. The summed E-state index contributed by atoms with van der Waals surface area (Å²) in [7, 11) is 1.55. The molecule has 3 aromatic rings. The van der Waals surface area contributed by atoms with Crippen molar-refractivity contribution in [3.63, 3.8) is 0 Å². The molecule has 0 atom stereocenters. The molecule has 6 nitrogen and oxygen atoms in total.